The Bertz CT molecular complexity index is 913. The Morgan fingerprint density at radius 2 is 2.20 bits per heavy atom. The third-order valence-corrected chi connectivity index (χ3v) is 6.24. The Hall–Kier alpha value is -2.32. The van der Waals surface area contributed by atoms with Gasteiger partial charge in [-0.25, -0.2) is 9.67 Å². The fraction of sp³-hybridized carbons (Fsp3) is 0.412. The number of hydrogen-bond acceptors (Lipinski definition) is 6. The Kier molecular flexibility index (Phi) is 3.53. The molecule has 128 valence electrons. The molecule has 0 aliphatic carbocycles. The summed E-state index contributed by atoms with van der Waals surface area (Å²) in [6.45, 7) is 3.29. The molecule has 1 atom stereocenters. The predicted octanol–water partition coefficient (Wildman–Crippen LogP) is 1.70. The van der Waals surface area contributed by atoms with Gasteiger partial charge in [-0.2, -0.15) is 0 Å². The lowest BCUT2D eigenvalue weighted by atomic mass is 9.84. The van der Waals surface area contributed by atoms with Crippen LogP contribution >= 0.6 is 11.3 Å². The largest absolute Gasteiger partial charge is 0.346 e. The summed E-state index contributed by atoms with van der Waals surface area (Å²) < 4.78 is 2.75. The fourth-order valence-electron chi connectivity index (χ4n) is 3.93. The Morgan fingerprint density at radius 3 is 2.92 bits per heavy atom. The van der Waals surface area contributed by atoms with E-state index < -0.39 is 0 Å². The molecule has 3 aromatic rings. The number of aromatic nitrogens is 4. The van der Waals surface area contributed by atoms with E-state index in [1.807, 2.05) is 11.4 Å². The van der Waals surface area contributed by atoms with E-state index in [0.717, 1.165) is 35.4 Å². The molecule has 7 nitrogen and oxygen atoms in total. The highest BCUT2D eigenvalue weighted by Gasteiger charge is 2.35. The van der Waals surface area contributed by atoms with E-state index in [1.165, 1.54) is 12.8 Å². The van der Waals surface area contributed by atoms with Gasteiger partial charge in [-0.05, 0) is 37.9 Å². The fourth-order valence-corrected chi connectivity index (χ4v) is 4.81. The topological polar surface area (TPSA) is 75.9 Å². The number of piperidine rings is 3. The summed E-state index contributed by atoms with van der Waals surface area (Å²) in [6, 6.07) is 2.10. The van der Waals surface area contributed by atoms with Crippen LogP contribution in [-0.4, -0.2) is 56.5 Å². The second-order valence-corrected chi connectivity index (χ2v) is 7.66. The zero-order valence-corrected chi connectivity index (χ0v) is 14.4. The van der Waals surface area contributed by atoms with E-state index in [2.05, 4.69) is 25.5 Å². The molecule has 3 aliphatic rings. The summed E-state index contributed by atoms with van der Waals surface area (Å²) in [5.74, 6) is 0.515. The average Bonchev–Trinajstić information content (AvgIpc) is 3.31. The number of thiophene rings is 1. The minimum Gasteiger partial charge on any atom is -0.346 e. The van der Waals surface area contributed by atoms with Gasteiger partial charge in [0.05, 0.1) is 22.8 Å². The minimum atomic E-state index is -0.0867. The molecule has 6 heterocycles. The van der Waals surface area contributed by atoms with Gasteiger partial charge in [0, 0.05) is 29.5 Å². The predicted molar refractivity (Wildman–Crippen MR) is 95.0 cm³/mol. The maximum Gasteiger partial charge on any atom is 0.270 e. The number of nitrogens with one attached hydrogen (secondary N) is 1. The van der Waals surface area contributed by atoms with Crippen molar-refractivity contribution in [1.82, 2.24) is 30.2 Å². The summed E-state index contributed by atoms with van der Waals surface area (Å²) in [4.78, 5) is 19.5. The van der Waals surface area contributed by atoms with E-state index >= 15 is 0 Å². The first-order valence-electron chi connectivity index (χ1n) is 8.55. The quantitative estimate of drug-likeness (QED) is 0.775. The molecule has 1 N–H and O–H groups in total. The third-order valence-electron chi connectivity index (χ3n) is 5.32. The van der Waals surface area contributed by atoms with Crippen molar-refractivity contribution < 1.29 is 4.79 Å². The SMILES string of the molecule is O=C(NC1CN2CCC1CC2)c1cc2c(-n3ccnn3)csc2cn1. The van der Waals surface area contributed by atoms with Gasteiger partial charge in [0.25, 0.3) is 5.91 Å². The molecule has 25 heavy (non-hydrogen) atoms. The lowest BCUT2D eigenvalue weighted by Crippen LogP contribution is -2.57. The molecule has 1 unspecified atom stereocenters. The molecule has 3 aliphatic heterocycles. The maximum absolute atomic E-state index is 12.7. The van der Waals surface area contributed by atoms with E-state index in [-0.39, 0.29) is 11.9 Å². The van der Waals surface area contributed by atoms with Crippen molar-refractivity contribution in [3.63, 3.8) is 0 Å². The Morgan fingerprint density at radius 1 is 1.32 bits per heavy atom. The molecule has 3 fully saturated rings. The molecule has 0 spiro atoms. The summed E-state index contributed by atoms with van der Waals surface area (Å²) >= 11 is 1.59. The van der Waals surface area contributed by atoms with Gasteiger partial charge in [0.15, 0.2) is 0 Å². The molecule has 0 aromatic carbocycles. The summed E-state index contributed by atoms with van der Waals surface area (Å²) in [5, 5.41) is 14.1. The molecular formula is C17H18N6OS. The van der Waals surface area contributed by atoms with Crippen LogP contribution in [0.15, 0.2) is 30.0 Å². The second kappa shape index (κ2) is 5.89. The van der Waals surface area contributed by atoms with Gasteiger partial charge >= 0.3 is 0 Å². The van der Waals surface area contributed by atoms with Crippen LogP contribution in [0.1, 0.15) is 23.3 Å². The highest BCUT2D eigenvalue weighted by Crippen LogP contribution is 2.29. The van der Waals surface area contributed by atoms with Crippen molar-refractivity contribution in [2.24, 2.45) is 5.92 Å². The smallest absolute Gasteiger partial charge is 0.270 e. The first kappa shape index (κ1) is 15.0. The Labute approximate surface area is 148 Å². The number of pyridine rings is 1. The second-order valence-electron chi connectivity index (χ2n) is 6.75. The van der Waals surface area contributed by atoms with Crippen molar-refractivity contribution in [2.75, 3.05) is 19.6 Å². The molecule has 3 saturated heterocycles. The van der Waals surface area contributed by atoms with Gasteiger partial charge in [-0.1, -0.05) is 5.21 Å². The third kappa shape index (κ3) is 2.61. The first-order valence-corrected chi connectivity index (χ1v) is 9.43. The normalized spacial score (nSPS) is 25.4. The van der Waals surface area contributed by atoms with Crippen LogP contribution < -0.4 is 5.32 Å². The summed E-state index contributed by atoms with van der Waals surface area (Å²) in [7, 11) is 0. The van der Waals surface area contributed by atoms with E-state index in [4.69, 9.17) is 0 Å². The molecular weight excluding hydrogens is 336 g/mol. The molecule has 0 radical (unpaired) electrons. The molecule has 8 heteroatoms. The van der Waals surface area contributed by atoms with Crippen molar-refractivity contribution >= 4 is 27.3 Å². The van der Waals surface area contributed by atoms with Crippen LogP contribution in [0.4, 0.5) is 0 Å². The molecule has 1 amide bonds. The number of nitrogens with zero attached hydrogens (tertiary/aromatic N) is 5. The summed E-state index contributed by atoms with van der Waals surface area (Å²) in [5.41, 5.74) is 1.39. The van der Waals surface area contributed by atoms with Gasteiger partial charge in [0.2, 0.25) is 0 Å². The van der Waals surface area contributed by atoms with Gasteiger partial charge < -0.3 is 10.2 Å². The van der Waals surface area contributed by atoms with Crippen molar-refractivity contribution in [3.8, 4) is 5.69 Å². The lowest BCUT2D eigenvalue weighted by Gasteiger charge is -2.44. The highest BCUT2D eigenvalue weighted by atomic mass is 32.1. The van der Waals surface area contributed by atoms with Crippen LogP contribution in [-0.2, 0) is 0 Å². The maximum atomic E-state index is 12.7. The number of carbonyl (C=O) groups is 1. The lowest BCUT2D eigenvalue weighted by molar-refractivity contribution is 0.0618. The van der Waals surface area contributed by atoms with Gasteiger partial charge in [-0.15, -0.1) is 16.4 Å². The number of carbonyl (C=O) groups excluding carboxylic acids is 1. The van der Waals surface area contributed by atoms with Crippen LogP contribution in [0, 0.1) is 5.92 Å². The Balaban J connectivity index is 1.42. The van der Waals surface area contributed by atoms with E-state index in [0.29, 0.717) is 11.6 Å². The van der Waals surface area contributed by atoms with Gasteiger partial charge in [0.1, 0.15) is 5.69 Å². The zero-order chi connectivity index (χ0) is 16.8. The van der Waals surface area contributed by atoms with Crippen LogP contribution in [0.3, 0.4) is 0 Å². The monoisotopic (exact) mass is 354 g/mol. The van der Waals surface area contributed by atoms with Crippen LogP contribution in [0.5, 0.6) is 0 Å². The van der Waals surface area contributed by atoms with E-state index in [9.17, 15) is 4.79 Å². The first-order chi connectivity index (χ1) is 12.3. The minimum absolute atomic E-state index is 0.0867. The highest BCUT2D eigenvalue weighted by molar-refractivity contribution is 7.17. The average molecular weight is 354 g/mol. The van der Waals surface area contributed by atoms with E-state index in [1.54, 1.807) is 34.6 Å². The molecule has 2 bridgehead atoms. The standard InChI is InChI=1S/C17H18N6OS/c24-17(20-14-9-22-4-1-11(14)2-5-22)13-7-12-15(23-6-3-19-21-23)10-25-16(12)8-18-13/h3,6-8,10-11,14H,1-2,4-5,9H2,(H,20,24). The number of rotatable bonds is 3. The van der Waals surface area contributed by atoms with Crippen molar-refractivity contribution in [2.45, 2.75) is 18.9 Å². The molecule has 0 saturated carbocycles. The number of hydrogen-bond donors (Lipinski definition) is 1. The van der Waals surface area contributed by atoms with Gasteiger partial charge in [-0.3, -0.25) is 4.79 Å². The number of amides is 1. The molecule has 3 aromatic heterocycles. The van der Waals surface area contributed by atoms with Crippen LogP contribution in [0.2, 0.25) is 0 Å². The molecule has 6 rings (SSSR count). The zero-order valence-electron chi connectivity index (χ0n) is 13.6. The van der Waals surface area contributed by atoms with Crippen LogP contribution in [0.25, 0.3) is 15.8 Å². The number of fused-ring (bicyclic) bond motifs is 4. The summed E-state index contributed by atoms with van der Waals surface area (Å²) in [6.07, 6.45) is 7.57. The van der Waals surface area contributed by atoms with Crippen molar-refractivity contribution in [1.29, 1.82) is 0 Å². The van der Waals surface area contributed by atoms with Crippen molar-refractivity contribution in [3.05, 3.63) is 35.7 Å².